The molecule has 0 aliphatic carbocycles. The number of carbonyl (C=O) groups excluding carboxylic acids is 2. The van der Waals surface area contributed by atoms with Gasteiger partial charge in [-0.1, -0.05) is 6.92 Å². The number of hydrogen-bond acceptors (Lipinski definition) is 3. The van der Waals surface area contributed by atoms with Crippen LogP contribution in [0.25, 0.3) is 0 Å². The van der Waals surface area contributed by atoms with E-state index in [1.807, 2.05) is 6.92 Å². The standard InChI is InChI=1S/C12H14BrN3O2/c1-2-9-11(17)15-5-6-16(9)12(18)8-3-4-14-10(13)7-8/h3-4,7,9H,2,5-6H2,1H3,(H,15,17). The van der Waals surface area contributed by atoms with E-state index in [2.05, 4.69) is 26.2 Å². The summed E-state index contributed by atoms with van der Waals surface area (Å²) >= 11 is 3.24. The summed E-state index contributed by atoms with van der Waals surface area (Å²) in [6.45, 7) is 2.95. The number of piperazine rings is 1. The molecule has 0 aromatic carbocycles. The van der Waals surface area contributed by atoms with Crippen LogP contribution in [0, 0.1) is 0 Å². The Morgan fingerprint density at radius 1 is 1.67 bits per heavy atom. The number of aromatic nitrogens is 1. The van der Waals surface area contributed by atoms with Crippen LogP contribution in [0.15, 0.2) is 22.9 Å². The first kappa shape index (κ1) is 13.0. The maximum Gasteiger partial charge on any atom is 0.254 e. The van der Waals surface area contributed by atoms with Gasteiger partial charge in [-0.25, -0.2) is 4.98 Å². The minimum Gasteiger partial charge on any atom is -0.353 e. The second kappa shape index (κ2) is 5.48. The number of halogens is 1. The fraction of sp³-hybridized carbons (Fsp3) is 0.417. The topological polar surface area (TPSA) is 62.3 Å². The molecule has 0 saturated carbocycles. The SMILES string of the molecule is CCC1C(=O)NCCN1C(=O)c1ccnc(Br)c1. The lowest BCUT2D eigenvalue weighted by Crippen LogP contribution is -2.56. The van der Waals surface area contributed by atoms with Crippen LogP contribution in [-0.2, 0) is 4.79 Å². The van der Waals surface area contributed by atoms with Crippen molar-refractivity contribution >= 4 is 27.7 Å². The lowest BCUT2D eigenvalue weighted by molar-refractivity contribution is -0.127. The van der Waals surface area contributed by atoms with Crippen LogP contribution in [0.1, 0.15) is 23.7 Å². The van der Waals surface area contributed by atoms with Gasteiger partial charge in [0, 0.05) is 24.8 Å². The molecule has 1 saturated heterocycles. The van der Waals surface area contributed by atoms with Gasteiger partial charge in [0.2, 0.25) is 5.91 Å². The van der Waals surface area contributed by atoms with Crippen molar-refractivity contribution in [1.29, 1.82) is 0 Å². The second-order valence-corrected chi connectivity index (χ2v) is 4.89. The molecule has 96 valence electrons. The summed E-state index contributed by atoms with van der Waals surface area (Å²) in [5, 5.41) is 2.78. The van der Waals surface area contributed by atoms with Crippen LogP contribution in [-0.4, -0.2) is 40.8 Å². The molecule has 0 spiro atoms. The number of amides is 2. The van der Waals surface area contributed by atoms with Crippen LogP contribution in [0.5, 0.6) is 0 Å². The zero-order chi connectivity index (χ0) is 13.1. The van der Waals surface area contributed by atoms with E-state index in [1.54, 1.807) is 23.2 Å². The van der Waals surface area contributed by atoms with Crippen molar-refractivity contribution in [3.8, 4) is 0 Å². The van der Waals surface area contributed by atoms with Crippen molar-refractivity contribution in [1.82, 2.24) is 15.2 Å². The van der Waals surface area contributed by atoms with Crippen LogP contribution in [0.3, 0.4) is 0 Å². The highest BCUT2D eigenvalue weighted by Crippen LogP contribution is 2.15. The Morgan fingerprint density at radius 2 is 2.44 bits per heavy atom. The molecule has 1 aromatic heterocycles. The minimum absolute atomic E-state index is 0.0785. The van der Waals surface area contributed by atoms with E-state index in [0.29, 0.717) is 29.7 Å². The van der Waals surface area contributed by atoms with Crippen LogP contribution < -0.4 is 5.32 Å². The summed E-state index contributed by atoms with van der Waals surface area (Å²) in [6, 6.07) is 2.95. The van der Waals surface area contributed by atoms with Crippen LogP contribution >= 0.6 is 15.9 Å². The largest absolute Gasteiger partial charge is 0.353 e. The van der Waals surface area contributed by atoms with Crippen LogP contribution in [0.2, 0.25) is 0 Å². The summed E-state index contributed by atoms with van der Waals surface area (Å²) < 4.78 is 0.614. The van der Waals surface area contributed by atoms with Gasteiger partial charge in [0.1, 0.15) is 10.6 Å². The summed E-state index contributed by atoms with van der Waals surface area (Å²) in [6.07, 6.45) is 2.19. The molecule has 1 N–H and O–H groups in total. The third-order valence-electron chi connectivity index (χ3n) is 2.95. The molecular weight excluding hydrogens is 298 g/mol. The zero-order valence-electron chi connectivity index (χ0n) is 10.0. The van der Waals surface area contributed by atoms with Gasteiger partial charge in [-0.15, -0.1) is 0 Å². The average molecular weight is 312 g/mol. The number of pyridine rings is 1. The van der Waals surface area contributed by atoms with Crippen molar-refractivity contribution in [2.24, 2.45) is 0 Å². The normalized spacial score (nSPS) is 19.6. The van der Waals surface area contributed by atoms with E-state index in [4.69, 9.17) is 0 Å². The summed E-state index contributed by atoms with van der Waals surface area (Å²) in [4.78, 5) is 29.7. The van der Waals surface area contributed by atoms with Crippen LogP contribution in [0.4, 0.5) is 0 Å². The Morgan fingerprint density at radius 3 is 3.11 bits per heavy atom. The predicted octanol–water partition coefficient (Wildman–Crippen LogP) is 1.19. The van der Waals surface area contributed by atoms with E-state index in [-0.39, 0.29) is 17.9 Å². The lowest BCUT2D eigenvalue weighted by Gasteiger charge is -2.34. The Bertz CT molecular complexity index is 478. The van der Waals surface area contributed by atoms with Gasteiger partial charge in [-0.05, 0) is 34.5 Å². The van der Waals surface area contributed by atoms with Gasteiger partial charge in [0.25, 0.3) is 5.91 Å². The van der Waals surface area contributed by atoms with Gasteiger partial charge >= 0.3 is 0 Å². The Balaban J connectivity index is 2.24. The Kier molecular flexibility index (Phi) is 3.96. The number of rotatable bonds is 2. The minimum atomic E-state index is -0.377. The van der Waals surface area contributed by atoms with Gasteiger partial charge < -0.3 is 10.2 Å². The fourth-order valence-electron chi connectivity index (χ4n) is 2.06. The second-order valence-electron chi connectivity index (χ2n) is 4.08. The van der Waals surface area contributed by atoms with Gasteiger partial charge in [0.15, 0.2) is 0 Å². The summed E-state index contributed by atoms with van der Waals surface area (Å²) in [5.74, 6) is -0.204. The molecule has 2 rings (SSSR count). The van der Waals surface area contributed by atoms with Crippen molar-refractivity contribution in [3.05, 3.63) is 28.5 Å². The highest BCUT2D eigenvalue weighted by molar-refractivity contribution is 9.10. The average Bonchev–Trinajstić information content (AvgIpc) is 2.37. The molecule has 2 heterocycles. The predicted molar refractivity (Wildman–Crippen MR) is 70.1 cm³/mol. The molecule has 6 heteroatoms. The third-order valence-corrected chi connectivity index (χ3v) is 3.39. The summed E-state index contributed by atoms with van der Waals surface area (Å²) in [5.41, 5.74) is 0.546. The Hall–Kier alpha value is -1.43. The smallest absolute Gasteiger partial charge is 0.254 e. The molecule has 1 aliphatic heterocycles. The zero-order valence-corrected chi connectivity index (χ0v) is 11.6. The molecule has 5 nitrogen and oxygen atoms in total. The van der Waals surface area contributed by atoms with Crippen molar-refractivity contribution < 1.29 is 9.59 Å². The first-order valence-corrected chi connectivity index (χ1v) is 6.63. The van der Waals surface area contributed by atoms with E-state index in [1.165, 1.54) is 0 Å². The lowest BCUT2D eigenvalue weighted by atomic mass is 10.1. The van der Waals surface area contributed by atoms with E-state index < -0.39 is 0 Å². The Labute approximate surface area is 114 Å². The van der Waals surface area contributed by atoms with E-state index in [9.17, 15) is 9.59 Å². The van der Waals surface area contributed by atoms with E-state index in [0.717, 1.165) is 0 Å². The summed E-state index contributed by atoms with van der Waals surface area (Å²) in [7, 11) is 0. The molecule has 0 bridgehead atoms. The molecule has 0 radical (unpaired) electrons. The molecule has 18 heavy (non-hydrogen) atoms. The molecule has 1 aromatic rings. The maximum atomic E-state index is 12.4. The molecule has 1 aliphatic rings. The fourth-order valence-corrected chi connectivity index (χ4v) is 2.43. The first-order chi connectivity index (χ1) is 8.63. The van der Waals surface area contributed by atoms with Gasteiger partial charge in [0.05, 0.1) is 0 Å². The number of hydrogen-bond donors (Lipinski definition) is 1. The van der Waals surface area contributed by atoms with Crippen molar-refractivity contribution in [2.75, 3.05) is 13.1 Å². The molecule has 2 amide bonds. The van der Waals surface area contributed by atoms with Gasteiger partial charge in [-0.3, -0.25) is 9.59 Å². The number of nitrogens with zero attached hydrogens (tertiary/aromatic N) is 2. The highest BCUT2D eigenvalue weighted by atomic mass is 79.9. The molecular formula is C12H14BrN3O2. The molecule has 1 unspecified atom stereocenters. The van der Waals surface area contributed by atoms with E-state index >= 15 is 0 Å². The highest BCUT2D eigenvalue weighted by Gasteiger charge is 2.32. The monoisotopic (exact) mass is 311 g/mol. The number of carbonyl (C=O) groups is 2. The molecule has 1 fully saturated rings. The van der Waals surface area contributed by atoms with Crippen molar-refractivity contribution in [2.45, 2.75) is 19.4 Å². The van der Waals surface area contributed by atoms with Crippen molar-refractivity contribution in [3.63, 3.8) is 0 Å². The third kappa shape index (κ3) is 2.53. The maximum absolute atomic E-state index is 12.4. The first-order valence-electron chi connectivity index (χ1n) is 5.83. The number of nitrogens with one attached hydrogen (secondary N) is 1. The quantitative estimate of drug-likeness (QED) is 0.835. The molecule has 1 atom stereocenters. The van der Waals surface area contributed by atoms with Gasteiger partial charge in [-0.2, -0.15) is 0 Å².